The normalized spacial score (nSPS) is 22.4. The van der Waals surface area contributed by atoms with E-state index in [-0.39, 0.29) is 23.3 Å². The number of carbonyl (C=O) groups is 1. The molecule has 230 valence electrons. The molecule has 0 spiro atoms. The highest BCUT2D eigenvalue weighted by atomic mass is 35.5. The first-order valence-electron chi connectivity index (χ1n) is 16.0. The Morgan fingerprint density at radius 1 is 0.976 bits per heavy atom. The third-order valence-electron chi connectivity index (χ3n) is 9.66. The minimum Gasteiger partial charge on any atom is -0.490 e. The summed E-state index contributed by atoms with van der Waals surface area (Å²) in [7, 11) is 0. The van der Waals surface area contributed by atoms with E-state index < -0.39 is 5.82 Å². The van der Waals surface area contributed by atoms with Gasteiger partial charge in [-0.25, -0.2) is 4.39 Å². The SMILES string of the molecule is CCOc1ccc(C2(CCN3CCN(C4CCCCC4)CC3)CCN(C(=O)Cc3c(F)cccc3Cl)C2)cc1OCC. The Labute approximate surface area is 256 Å². The van der Waals surface area contributed by atoms with Gasteiger partial charge in [-0.3, -0.25) is 9.69 Å². The molecule has 0 bridgehead atoms. The fourth-order valence-electron chi connectivity index (χ4n) is 7.18. The molecule has 1 aliphatic carbocycles. The van der Waals surface area contributed by atoms with E-state index in [0.717, 1.165) is 63.1 Å². The lowest BCUT2D eigenvalue weighted by atomic mass is 9.76. The van der Waals surface area contributed by atoms with Crippen molar-refractivity contribution in [3.05, 3.63) is 58.4 Å². The topological polar surface area (TPSA) is 45.2 Å². The summed E-state index contributed by atoms with van der Waals surface area (Å²) >= 11 is 6.27. The first kappa shape index (κ1) is 31.1. The highest BCUT2D eigenvalue weighted by Crippen LogP contribution is 2.42. The quantitative estimate of drug-likeness (QED) is 0.302. The standard InChI is InChI=1S/C34H47ClFN3O3/c1-3-41-31-14-13-26(23-32(31)42-4-2)34(15-17-37-19-21-38(22-20-37)27-9-6-5-7-10-27)16-18-39(25-34)33(40)24-28-29(35)11-8-12-30(28)36/h8,11-14,23,27H,3-7,9-10,15-22,24-25H2,1-2H3. The Kier molecular flexibility index (Phi) is 10.7. The molecule has 2 aromatic rings. The molecule has 8 heteroatoms. The van der Waals surface area contributed by atoms with Crippen molar-refractivity contribution < 1.29 is 18.7 Å². The second kappa shape index (κ2) is 14.4. The van der Waals surface area contributed by atoms with Crippen LogP contribution in [-0.2, 0) is 16.6 Å². The van der Waals surface area contributed by atoms with Crippen LogP contribution in [0.5, 0.6) is 11.5 Å². The van der Waals surface area contributed by atoms with Crippen LogP contribution in [0.15, 0.2) is 36.4 Å². The van der Waals surface area contributed by atoms with Crippen LogP contribution in [0, 0.1) is 5.82 Å². The highest BCUT2D eigenvalue weighted by Gasteiger charge is 2.42. The van der Waals surface area contributed by atoms with Crippen molar-refractivity contribution in [2.45, 2.75) is 76.7 Å². The van der Waals surface area contributed by atoms with Gasteiger partial charge < -0.3 is 19.3 Å². The molecule has 1 amide bonds. The van der Waals surface area contributed by atoms with Gasteiger partial charge in [0.2, 0.25) is 5.91 Å². The third-order valence-corrected chi connectivity index (χ3v) is 10.0. The molecule has 6 nitrogen and oxygen atoms in total. The van der Waals surface area contributed by atoms with Crippen LogP contribution in [0.1, 0.15) is 69.9 Å². The van der Waals surface area contributed by atoms with Crippen LogP contribution in [0.25, 0.3) is 0 Å². The molecular weight excluding hydrogens is 553 g/mol. The molecule has 42 heavy (non-hydrogen) atoms. The second-order valence-corrected chi connectivity index (χ2v) is 12.6. The number of piperazine rings is 1. The Morgan fingerprint density at radius 3 is 2.43 bits per heavy atom. The van der Waals surface area contributed by atoms with Crippen LogP contribution < -0.4 is 9.47 Å². The first-order valence-corrected chi connectivity index (χ1v) is 16.4. The summed E-state index contributed by atoms with van der Waals surface area (Å²) in [5, 5.41) is 0.300. The summed E-state index contributed by atoms with van der Waals surface area (Å²) in [6, 6.07) is 11.6. The van der Waals surface area contributed by atoms with E-state index in [2.05, 4.69) is 21.9 Å². The molecule has 1 saturated carbocycles. The molecule has 2 aliphatic heterocycles. The van der Waals surface area contributed by atoms with Crippen LogP contribution in [0.2, 0.25) is 5.02 Å². The molecule has 2 saturated heterocycles. The minimum atomic E-state index is -0.429. The van der Waals surface area contributed by atoms with Gasteiger partial charge >= 0.3 is 0 Å². The molecule has 0 N–H and O–H groups in total. The van der Waals surface area contributed by atoms with Gasteiger partial charge in [0, 0.05) is 61.3 Å². The van der Waals surface area contributed by atoms with Crippen molar-refractivity contribution in [3.63, 3.8) is 0 Å². The van der Waals surface area contributed by atoms with Gasteiger partial charge in [0.05, 0.1) is 19.6 Å². The number of rotatable bonds is 11. The molecule has 0 radical (unpaired) electrons. The predicted octanol–water partition coefficient (Wildman–Crippen LogP) is 6.33. The fraction of sp³-hybridized carbons (Fsp3) is 0.618. The molecule has 2 aromatic carbocycles. The maximum atomic E-state index is 14.5. The third kappa shape index (κ3) is 7.23. The molecule has 2 heterocycles. The molecule has 3 aliphatic rings. The van der Waals surface area contributed by atoms with Gasteiger partial charge in [-0.2, -0.15) is 0 Å². The summed E-state index contributed by atoms with van der Waals surface area (Å²) in [5.74, 6) is 0.986. The van der Waals surface area contributed by atoms with Crippen molar-refractivity contribution in [2.75, 3.05) is 59.0 Å². The van der Waals surface area contributed by atoms with E-state index in [4.69, 9.17) is 21.1 Å². The van der Waals surface area contributed by atoms with E-state index in [9.17, 15) is 9.18 Å². The Morgan fingerprint density at radius 2 is 1.71 bits per heavy atom. The molecule has 0 aromatic heterocycles. The van der Waals surface area contributed by atoms with Gasteiger partial charge in [0.25, 0.3) is 0 Å². The van der Waals surface area contributed by atoms with Crippen LogP contribution in [0.3, 0.4) is 0 Å². The molecule has 1 atom stereocenters. The number of hydrogen-bond donors (Lipinski definition) is 0. The number of nitrogens with zero attached hydrogens (tertiary/aromatic N) is 3. The van der Waals surface area contributed by atoms with Gasteiger partial charge in [-0.15, -0.1) is 0 Å². The number of benzene rings is 2. The zero-order valence-electron chi connectivity index (χ0n) is 25.4. The van der Waals surface area contributed by atoms with E-state index in [0.29, 0.717) is 31.3 Å². The van der Waals surface area contributed by atoms with E-state index in [1.54, 1.807) is 12.1 Å². The lowest BCUT2D eigenvalue weighted by molar-refractivity contribution is -0.129. The summed E-state index contributed by atoms with van der Waals surface area (Å²) in [6.45, 7) is 11.8. The van der Waals surface area contributed by atoms with Crippen LogP contribution >= 0.6 is 11.6 Å². The van der Waals surface area contributed by atoms with Crippen molar-refractivity contribution in [3.8, 4) is 11.5 Å². The number of halogens is 2. The maximum Gasteiger partial charge on any atom is 0.227 e. The smallest absolute Gasteiger partial charge is 0.227 e. The second-order valence-electron chi connectivity index (χ2n) is 12.2. The van der Waals surface area contributed by atoms with Crippen molar-refractivity contribution in [1.29, 1.82) is 0 Å². The van der Waals surface area contributed by atoms with E-state index in [1.807, 2.05) is 24.8 Å². The summed E-state index contributed by atoms with van der Waals surface area (Å²) < 4.78 is 26.4. The summed E-state index contributed by atoms with van der Waals surface area (Å²) in [5.41, 5.74) is 1.23. The number of likely N-dealkylation sites (tertiary alicyclic amines) is 1. The van der Waals surface area contributed by atoms with Crippen molar-refractivity contribution >= 4 is 17.5 Å². The lowest BCUT2D eigenvalue weighted by Gasteiger charge is -2.42. The minimum absolute atomic E-state index is 0.0296. The van der Waals surface area contributed by atoms with Gasteiger partial charge in [0.15, 0.2) is 11.5 Å². The monoisotopic (exact) mass is 599 g/mol. The van der Waals surface area contributed by atoms with Gasteiger partial charge in [-0.05, 0) is 75.9 Å². The number of hydrogen-bond acceptors (Lipinski definition) is 5. The fourth-order valence-corrected chi connectivity index (χ4v) is 7.41. The van der Waals surface area contributed by atoms with Crippen LogP contribution in [-0.4, -0.2) is 85.7 Å². The molecule has 1 unspecified atom stereocenters. The zero-order chi connectivity index (χ0) is 29.5. The number of carbonyl (C=O) groups excluding carboxylic acids is 1. The lowest BCUT2D eigenvalue weighted by Crippen LogP contribution is -2.51. The molecule has 3 fully saturated rings. The predicted molar refractivity (Wildman–Crippen MR) is 166 cm³/mol. The van der Waals surface area contributed by atoms with Crippen molar-refractivity contribution in [1.82, 2.24) is 14.7 Å². The first-order chi connectivity index (χ1) is 20.4. The molecular formula is C34H47ClFN3O3. The number of ether oxygens (including phenoxy) is 2. The highest BCUT2D eigenvalue weighted by molar-refractivity contribution is 6.31. The Hall–Kier alpha value is -2.35. The molecule has 5 rings (SSSR count). The Balaban J connectivity index is 1.32. The van der Waals surface area contributed by atoms with Crippen molar-refractivity contribution in [2.24, 2.45) is 0 Å². The summed E-state index contributed by atoms with van der Waals surface area (Å²) in [6.07, 6.45) is 8.61. The summed E-state index contributed by atoms with van der Waals surface area (Å²) in [4.78, 5) is 20.7. The average molecular weight is 600 g/mol. The van der Waals surface area contributed by atoms with Gasteiger partial charge in [0.1, 0.15) is 5.82 Å². The number of amides is 1. The Bertz CT molecular complexity index is 1180. The maximum absolute atomic E-state index is 14.5. The van der Waals surface area contributed by atoms with Gasteiger partial charge in [-0.1, -0.05) is 43.0 Å². The largest absolute Gasteiger partial charge is 0.490 e. The van der Waals surface area contributed by atoms with Crippen LogP contribution in [0.4, 0.5) is 4.39 Å². The average Bonchev–Trinajstić information content (AvgIpc) is 3.46. The van der Waals surface area contributed by atoms with E-state index in [1.165, 1.54) is 43.7 Å². The zero-order valence-corrected chi connectivity index (χ0v) is 26.1. The van der Waals surface area contributed by atoms with E-state index >= 15 is 0 Å².